The van der Waals surface area contributed by atoms with Crippen LogP contribution in [0, 0.1) is 5.92 Å². The van der Waals surface area contributed by atoms with E-state index in [2.05, 4.69) is 15.4 Å². The number of anilines is 1. The number of hydrogen-bond donors (Lipinski definition) is 2. The SMILES string of the molecule is CCOc1ccc(-c2cc(C(F)(F)F)c3c(N)ncnn23)cc1C(=O)N[C@@H]1CN(C(=O)C(C)C(F)(F)F)C[C@@H]1F. The van der Waals surface area contributed by atoms with E-state index in [1.165, 1.54) is 18.2 Å². The van der Waals surface area contributed by atoms with Crippen molar-refractivity contribution in [1.29, 1.82) is 0 Å². The first-order valence-corrected chi connectivity index (χ1v) is 11.9. The number of nitrogen functional groups attached to an aromatic ring is 1. The number of benzene rings is 1. The number of carbonyl (C=O) groups excluding carboxylic acids is 2. The Morgan fingerprint density at radius 3 is 2.50 bits per heavy atom. The average Bonchev–Trinajstić information content (AvgIpc) is 3.45. The molecule has 1 aliphatic heterocycles. The van der Waals surface area contributed by atoms with E-state index < -0.39 is 72.3 Å². The number of hydrogen-bond acceptors (Lipinski definition) is 6. The molecule has 0 saturated carbocycles. The quantitative estimate of drug-likeness (QED) is 0.431. The van der Waals surface area contributed by atoms with Gasteiger partial charge in [-0.2, -0.15) is 31.4 Å². The van der Waals surface area contributed by atoms with Crippen LogP contribution in [-0.4, -0.2) is 69.4 Å². The van der Waals surface area contributed by atoms with Crippen LogP contribution in [0.25, 0.3) is 16.8 Å². The van der Waals surface area contributed by atoms with Gasteiger partial charge in [-0.3, -0.25) is 9.59 Å². The van der Waals surface area contributed by atoms with Crippen molar-refractivity contribution in [3.05, 3.63) is 41.7 Å². The van der Waals surface area contributed by atoms with Gasteiger partial charge in [0.05, 0.1) is 36.0 Å². The number of amides is 2. The van der Waals surface area contributed by atoms with Gasteiger partial charge < -0.3 is 20.7 Å². The van der Waals surface area contributed by atoms with Crippen LogP contribution in [0.5, 0.6) is 5.75 Å². The third kappa shape index (κ3) is 5.47. The van der Waals surface area contributed by atoms with Gasteiger partial charge in [-0.25, -0.2) is 13.9 Å². The van der Waals surface area contributed by atoms with Crippen molar-refractivity contribution in [2.24, 2.45) is 5.92 Å². The summed E-state index contributed by atoms with van der Waals surface area (Å²) in [5.41, 5.74) is 3.90. The lowest BCUT2D eigenvalue weighted by atomic mass is 10.1. The van der Waals surface area contributed by atoms with Crippen molar-refractivity contribution >= 4 is 23.1 Å². The van der Waals surface area contributed by atoms with E-state index >= 15 is 0 Å². The molecule has 4 rings (SSSR count). The predicted octanol–water partition coefficient (Wildman–Crippen LogP) is 3.87. The van der Waals surface area contributed by atoms with E-state index in [-0.39, 0.29) is 29.2 Å². The topological polar surface area (TPSA) is 115 Å². The Kier molecular flexibility index (Phi) is 7.56. The van der Waals surface area contributed by atoms with Gasteiger partial charge in [0.1, 0.15) is 29.7 Å². The number of nitrogens with two attached hydrogens (primary N) is 1. The summed E-state index contributed by atoms with van der Waals surface area (Å²) in [5.74, 6) is -5.01. The van der Waals surface area contributed by atoms with Gasteiger partial charge in [-0.15, -0.1) is 0 Å². The largest absolute Gasteiger partial charge is 0.493 e. The third-order valence-electron chi connectivity index (χ3n) is 6.45. The summed E-state index contributed by atoms with van der Waals surface area (Å²) in [4.78, 5) is 29.7. The zero-order valence-corrected chi connectivity index (χ0v) is 21.0. The average molecular weight is 576 g/mol. The zero-order chi connectivity index (χ0) is 29.6. The van der Waals surface area contributed by atoms with Crippen LogP contribution in [0.15, 0.2) is 30.6 Å². The number of halogens is 7. The highest BCUT2D eigenvalue weighted by atomic mass is 19.4. The van der Waals surface area contributed by atoms with E-state index in [9.17, 15) is 40.3 Å². The Hall–Kier alpha value is -4.11. The molecule has 3 atom stereocenters. The molecular formula is C24H23F7N6O3. The molecule has 2 amide bonds. The molecule has 0 bridgehead atoms. The summed E-state index contributed by atoms with van der Waals surface area (Å²) >= 11 is 0. The van der Waals surface area contributed by atoms with E-state index in [4.69, 9.17) is 10.5 Å². The third-order valence-corrected chi connectivity index (χ3v) is 6.45. The molecule has 1 aromatic carbocycles. The highest BCUT2D eigenvalue weighted by Gasteiger charge is 2.46. The lowest BCUT2D eigenvalue weighted by Gasteiger charge is -2.22. The number of likely N-dealkylation sites (tertiary alicyclic amines) is 1. The summed E-state index contributed by atoms with van der Waals surface area (Å²) in [5, 5.41) is 6.22. The minimum atomic E-state index is -4.82. The first-order valence-electron chi connectivity index (χ1n) is 11.9. The highest BCUT2D eigenvalue weighted by molar-refractivity contribution is 5.98. The predicted molar refractivity (Wildman–Crippen MR) is 127 cm³/mol. The summed E-state index contributed by atoms with van der Waals surface area (Å²) in [7, 11) is 0. The molecule has 1 saturated heterocycles. The van der Waals surface area contributed by atoms with Crippen molar-refractivity contribution in [3.8, 4) is 17.0 Å². The molecular weight excluding hydrogens is 553 g/mol. The Bertz CT molecular complexity index is 1440. The van der Waals surface area contributed by atoms with Crippen molar-refractivity contribution in [3.63, 3.8) is 0 Å². The van der Waals surface area contributed by atoms with Crippen molar-refractivity contribution in [2.45, 2.75) is 38.4 Å². The number of nitrogens with zero attached hydrogens (tertiary/aromatic N) is 4. The molecule has 16 heteroatoms. The van der Waals surface area contributed by atoms with E-state index in [0.29, 0.717) is 11.8 Å². The van der Waals surface area contributed by atoms with Gasteiger partial charge in [0.2, 0.25) is 5.91 Å². The molecule has 2 aromatic heterocycles. The fourth-order valence-corrected chi connectivity index (χ4v) is 4.38. The molecule has 1 aliphatic rings. The molecule has 0 radical (unpaired) electrons. The maximum absolute atomic E-state index is 14.7. The molecule has 40 heavy (non-hydrogen) atoms. The molecule has 0 spiro atoms. The molecule has 3 N–H and O–H groups in total. The Labute approximate surface area is 222 Å². The molecule has 0 aliphatic carbocycles. The molecule has 1 fully saturated rings. The van der Waals surface area contributed by atoms with Crippen LogP contribution in [0.4, 0.5) is 36.6 Å². The van der Waals surface area contributed by atoms with Gasteiger partial charge >= 0.3 is 12.4 Å². The second-order valence-electron chi connectivity index (χ2n) is 9.09. The standard InChI is InChI=1S/C24H23F7N6O3/c1-3-40-18-5-4-12(17-7-14(24(29,30)31)19-20(32)33-10-34-37(17)19)6-13(18)21(38)35-16-9-36(8-15(16)25)22(39)11(2)23(26,27)28/h4-7,10-11,15-16H,3,8-9H2,1-2H3,(H,35,38)(H2,32,33,34)/t11?,15-,16+/m0/s1. The van der Waals surface area contributed by atoms with Crippen LogP contribution >= 0.6 is 0 Å². The molecule has 9 nitrogen and oxygen atoms in total. The zero-order valence-electron chi connectivity index (χ0n) is 21.0. The molecule has 216 valence electrons. The number of fused-ring (bicyclic) bond motifs is 1. The summed E-state index contributed by atoms with van der Waals surface area (Å²) < 4.78 is 101. The minimum absolute atomic E-state index is 0.0156. The maximum Gasteiger partial charge on any atom is 0.418 e. The number of alkyl halides is 7. The maximum atomic E-state index is 14.7. The Balaban J connectivity index is 1.67. The second-order valence-corrected chi connectivity index (χ2v) is 9.09. The first-order chi connectivity index (χ1) is 18.6. The van der Waals surface area contributed by atoms with Crippen molar-refractivity contribution in [2.75, 3.05) is 25.4 Å². The number of ether oxygens (including phenoxy) is 1. The minimum Gasteiger partial charge on any atom is -0.493 e. The number of rotatable bonds is 6. The summed E-state index contributed by atoms with van der Waals surface area (Å²) in [6.45, 7) is 1.22. The van der Waals surface area contributed by atoms with Gasteiger partial charge in [0.25, 0.3) is 5.91 Å². The normalized spacial score (nSPS) is 18.7. The van der Waals surface area contributed by atoms with Crippen LogP contribution < -0.4 is 15.8 Å². The second kappa shape index (κ2) is 10.5. The lowest BCUT2D eigenvalue weighted by Crippen LogP contribution is -2.43. The van der Waals surface area contributed by atoms with Crippen molar-refractivity contribution in [1.82, 2.24) is 24.8 Å². The monoisotopic (exact) mass is 576 g/mol. The smallest absolute Gasteiger partial charge is 0.418 e. The van der Waals surface area contributed by atoms with Gasteiger partial charge in [-0.05, 0) is 38.1 Å². The van der Waals surface area contributed by atoms with Gasteiger partial charge in [-0.1, -0.05) is 0 Å². The van der Waals surface area contributed by atoms with E-state index in [1.54, 1.807) is 6.92 Å². The lowest BCUT2D eigenvalue weighted by molar-refractivity contribution is -0.185. The van der Waals surface area contributed by atoms with Crippen LogP contribution in [0.3, 0.4) is 0 Å². The molecule has 3 heterocycles. The fourth-order valence-electron chi connectivity index (χ4n) is 4.38. The Morgan fingerprint density at radius 2 is 1.88 bits per heavy atom. The van der Waals surface area contributed by atoms with Crippen molar-refractivity contribution < 1.29 is 45.1 Å². The number of nitrogens with one attached hydrogen (secondary N) is 1. The fraction of sp³-hybridized carbons (Fsp3) is 0.417. The Morgan fingerprint density at radius 1 is 1.18 bits per heavy atom. The van der Waals surface area contributed by atoms with E-state index in [1.807, 2.05) is 0 Å². The molecule has 3 aromatic rings. The molecule has 1 unspecified atom stereocenters. The number of carbonyl (C=O) groups is 2. The van der Waals surface area contributed by atoms with Gasteiger partial charge in [0, 0.05) is 12.1 Å². The first kappa shape index (κ1) is 28.9. The van der Waals surface area contributed by atoms with E-state index in [0.717, 1.165) is 16.9 Å². The number of aromatic nitrogens is 3. The summed E-state index contributed by atoms with van der Waals surface area (Å²) in [6, 6.07) is 3.37. The van der Waals surface area contributed by atoms with Gasteiger partial charge in [0.15, 0.2) is 5.82 Å². The van der Waals surface area contributed by atoms with Crippen LogP contribution in [0.1, 0.15) is 29.8 Å². The van der Waals surface area contributed by atoms with Crippen LogP contribution in [0.2, 0.25) is 0 Å². The summed E-state index contributed by atoms with van der Waals surface area (Å²) in [6.07, 6.45) is -10.5. The van der Waals surface area contributed by atoms with Crippen LogP contribution in [-0.2, 0) is 11.0 Å². The highest BCUT2D eigenvalue weighted by Crippen LogP contribution is 2.39.